The third kappa shape index (κ3) is 4.67. The molecule has 0 radical (unpaired) electrons. The van der Waals surface area contributed by atoms with Gasteiger partial charge < -0.3 is 10.8 Å². The van der Waals surface area contributed by atoms with Crippen LogP contribution in [-0.4, -0.2) is 14.8 Å². The van der Waals surface area contributed by atoms with E-state index >= 15 is 0 Å². The smallest absolute Gasteiger partial charge is 0.283 e. The predicted octanol–water partition coefficient (Wildman–Crippen LogP) is 1.18. The first kappa shape index (κ1) is 18.4. The van der Waals surface area contributed by atoms with Gasteiger partial charge in [-0.25, -0.2) is 4.39 Å². The largest absolute Gasteiger partial charge is 0.863 e. The van der Waals surface area contributed by atoms with Gasteiger partial charge in [-0.3, -0.25) is 30.3 Å². The molecule has 0 amide bonds. The van der Waals surface area contributed by atoms with Crippen molar-refractivity contribution < 1.29 is 30.0 Å². The topological polar surface area (TPSA) is 180 Å². The van der Waals surface area contributed by atoms with Crippen LogP contribution in [0.25, 0.3) is 0 Å². The molecule has 0 fully saturated rings. The molecule has 24 heavy (non-hydrogen) atoms. The Bertz CT molecular complexity index is 738. The first-order valence-electron chi connectivity index (χ1n) is 5.99. The van der Waals surface area contributed by atoms with Crippen LogP contribution >= 0.6 is 0 Å². The second-order valence-electron chi connectivity index (χ2n) is 4.21. The van der Waals surface area contributed by atoms with Gasteiger partial charge in [0.25, 0.3) is 17.1 Å². The standard InChI is InChI=1S/C6H6FN.C6H3N3O7/c7-5-1-3-6(8)4-2-5;10-6-4(8(13)14)1-3(7(11)12)2-5(6)9(15)16/h1-4H,8H2;1-2,10H. The predicted molar refractivity (Wildman–Crippen MR) is 74.8 cm³/mol. The highest BCUT2D eigenvalue weighted by Crippen LogP contribution is 2.36. The van der Waals surface area contributed by atoms with E-state index in [1.54, 1.807) is 12.1 Å². The summed E-state index contributed by atoms with van der Waals surface area (Å²) >= 11 is 0. The quantitative estimate of drug-likeness (QED) is 0.642. The molecule has 0 heterocycles. The zero-order valence-electron chi connectivity index (χ0n) is 11.7. The first-order valence-corrected chi connectivity index (χ1v) is 5.99. The molecule has 2 aromatic carbocycles. The SMILES string of the molecule is O=[N+]([O-])c1cc([N+](=O)[O-])c([O-])c([N+](=O)[O-])c1.[NH3+]c1ccc(F)cc1. The molecule has 0 saturated carbocycles. The number of nitro groups is 3. The van der Waals surface area contributed by atoms with Gasteiger partial charge in [0.05, 0.1) is 32.7 Å². The van der Waals surface area contributed by atoms with E-state index < -0.39 is 37.6 Å². The van der Waals surface area contributed by atoms with E-state index in [1.807, 2.05) is 0 Å². The lowest BCUT2D eigenvalue weighted by Gasteiger charge is -2.06. The van der Waals surface area contributed by atoms with Crippen molar-refractivity contribution in [3.05, 3.63) is 72.6 Å². The zero-order valence-corrected chi connectivity index (χ0v) is 11.7. The van der Waals surface area contributed by atoms with Gasteiger partial charge in [0, 0.05) is 12.1 Å². The van der Waals surface area contributed by atoms with Crippen molar-refractivity contribution in [3.8, 4) is 5.75 Å². The average molecular weight is 340 g/mol. The van der Waals surface area contributed by atoms with Gasteiger partial charge in [-0.15, -0.1) is 0 Å². The summed E-state index contributed by atoms with van der Waals surface area (Å²) in [5.41, 5.74) is 1.17. The molecule has 0 bridgehead atoms. The van der Waals surface area contributed by atoms with Crippen LogP contribution in [0.4, 0.5) is 27.1 Å². The van der Waals surface area contributed by atoms with Crippen molar-refractivity contribution in [2.24, 2.45) is 0 Å². The van der Waals surface area contributed by atoms with Crippen molar-refractivity contribution >= 4 is 22.7 Å². The summed E-state index contributed by atoms with van der Waals surface area (Å²) in [5.74, 6) is -1.67. The zero-order chi connectivity index (χ0) is 18.4. The van der Waals surface area contributed by atoms with Gasteiger partial charge in [0.2, 0.25) is 0 Å². The Kier molecular flexibility index (Phi) is 5.78. The molecule has 0 unspecified atom stereocenters. The third-order valence-corrected chi connectivity index (χ3v) is 2.55. The van der Waals surface area contributed by atoms with Crippen molar-refractivity contribution in [1.29, 1.82) is 0 Å². The summed E-state index contributed by atoms with van der Waals surface area (Å²) < 4.78 is 12.1. The van der Waals surface area contributed by atoms with Gasteiger partial charge in [-0.2, -0.15) is 0 Å². The molecule has 0 atom stereocenters. The second kappa shape index (κ2) is 7.55. The molecule has 2 aromatic rings. The fourth-order valence-corrected chi connectivity index (χ4v) is 1.45. The molecule has 126 valence electrons. The summed E-state index contributed by atoms with van der Waals surface area (Å²) in [4.78, 5) is 27.5. The first-order chi connectivity index (χ1) is 11.1. The number of nitrogens with zero attached hydrogens (tertiary/aromatic N) is 3. The van der Waals surface area contributed by atoms with Crippen LogP contribution in [0.15, 0.2) is 36.4 Å². The average Bonchev–Trinajstić information content (AvgIpc) is 2.50. The highest BCUT2D eigenvalue weighted by molar-refractivity contribution is 5.63. The molecule has 0 saturated heterocycles. The summed E-state index contributed by atoms with van der Waals surface area (Å²) in [6.45, 7) is 0. The Labute approximate surface area is 132 Å². The van der Waals surface area contributed by atoms with Crippen LogP contribution in [0.5, 0.6) is 5.75 Å². The Balaban J connectivity index is 0.000000300. The van der Waals surface area contributed by atoms with Crippen LogP contribution < -0.4 is 10.8 Å². The number of hydrogen-bond acceptors (Lipinski definition) is 7. The van der Waals surface area contributed by atoms with Gasteiger partial charge in [-0.1, -0.05) is 0 Å². The van der Waals surface area contributed by atoms with Gasteiger partial charge in [0.15, 0.2) is 0 Å². The molecule has 0 aliphatic heterocycles. The monoisotopic (exact) mass is 340 g/mol. The maximum Gasteiger partial charge on any atom is 0.283 e. The highest BCUT2D eigenvalue weighted by atomic mass is 19.1. The molecular weight excluding hydrogens is 331 g/mol. The molecule has 0 spiro atoms. The fraction of sp³-hybridized carbons (Fsp3) is 0. The molecule has 0 aliphatic carbocycles. The van der Waals surface area contributed by atoms with E-state index in [2.05, 4.69) is 5.73 Å². The number of non-ortho nitro benzene ring substituents is 1. The molecule has 11 nitrogen and oxygen atoms in total. The van der Waals surface area contributed by atoms with E-state index in [9.17, 15) is 39.8 Å². The number of nitro benzene ring substituents is 3. The van der Waals surface area contributed by atoms with E-state index in [4.69, 9.17) is 0 Å². The summed E-state index contributed by atoms with van der Waals surface area (Å²) in [6, 6.07) is 6.82. The maximum absolute atomic E-state index is 12.1. The summed E-state index contributed by atoms with van der Waals surface area (Å²) in [5, 5.41) is 42.1. The normalized spacial score (nSPS) is 9.58. The van der Waals surface area contributed by atoms with Crippen LogP contribution in [0.2, 0.25) is 0 Å². The van der Waals surface area contributed by atoms with Crippen molar-refractivity contribution in [2.45, 2.75) is 0 Å². The lowest BCUT2D eigenvalue weighted by atomic mass is 10.2. The highest BCUT2D eigenvalue weighted by Gasteiger charge is 2.24. The minimum absolute atomic E-state index is 0.211. The number of quaternary nitrogens is 1. The van der Waals surface area contributed by atoms with Crippen LogP contribution in [0, 0.1) is 36.2 Å². The Morgan fingerprint density at radius 2 is 1.25 bits per heavy atom. The van der Waals surface area contributed by atoms with Crippen LogP contribution in [0.3, 0.4) is 0 Å². The number of hydrogen-bond donors (Lipinski definition) is 1. The Morgan fingerprint density at radius 3 is 1.54 bits per heavy atom. The number of halogens is 1. The van der Waals surface area contributed by atoms with Gasteiger partial charge >= 0.3 is 0 Å². The molecular formula is C12H9FN4O7. The number of benzene rings is 2. The van der Waals surface area contributed by atoms with Crippen molar-refractivity contribution in [3.63, 3.8) is 0 Å². The van der Waals surface area contributed by atoms with E-state index in [0.29, 0.717) is 12.1 Å². The third-order valence-electron chi connectivity index (χ3n) is 2.55. The fourth-order valence-electron chi connectivity index (χ4n) is 1.45. The minimum atomic E-state index is -1.46. The number of rotatable bonds is 3. The molecule has 3 N–H and O–H groups in total. The van der Waals surface area contributed by atoms with E-state index in [1.165, 1.54) is 12.1 Å². The molecule has 0 aliphatic rings. The molecule has 12 heteroatoms. The van der Waals surface area contributed by atoms with E-state index in [0.717, 1.165) is 5.69 Å². The van der Waals surface area contributed by atoms with E-state index in [-0.39, 0.29) is 5.82 Å². The van der Waals surface area contributed by atoms with Gasteiger partial charge in [0.1, 0.15) is 11.5 Å². The van der Waals surface area contributed by atoms with Gasteiger partial charge in [-0.05, 0) is 12.1 Å². The second-order valence-corrected chi connectivity index (χ2v) is 4.21. The minimum Gasteiger partial charge on any atom is -0.863 e. The lowest BCUT2D eigenvalue weighted by molar-refractivity contribution is -0.420. The van der Waals surface area contributed by atoms with Crippen molar-refractivity contribution in [1.82, 2.24) is 0 Å². The molecule has 0 aromatic heterocycles. The van der Waals surface area contributed by atoms with Crippen molar-refractivity contribution in [2.75, 3.05) is 0 Å². The Morgan fingerprint density at radius 1 is 0.833 bits per heavy atom. The lowest BCUT2D eigenvalue weighted by Crippen LogP contribution is -2.39. The summed E-state index contributed by atoms with van der Waals surface area (Å²) in [6.07, 6.45) is 0. The summed E-state index contributed by atoms with van der Waals surface area (Å²) in [7, 11) is 0. The van der Waals surface area contributed by atoms with Crippen LogP contribution in [-0.2, 0) is 0 Å². The molecule has 2 rings (SSSR count). The Hall–Kier alpha value is -3.67. The maximum atomic E-state index is 12.1. The van der Waals surface area contributed by atoms with Crippen LogP contribution in [0.1, 0.15) is 0 Å².